The molecule has 0 saturated heterocycles. The van der Waals surface area contributed by atoms with Crippen LogP contribution < -0.4 is 0 Å². The molecule has 0 aliphatic carbocycles. The number of hydrogen-bond donors (Lipinski definition) is 0. The quantitative estimate of drug-likeness (QED) is 0.585. The highest BCUT2D eigenvalue weighted by Crippen LogP contribution is 2.21. The van der Waals surface area contributed by atoms with Crippen molar-refractivity contribution in [1.82, 2.24) is 0 Å². The standard InChI is InChI=1S/C5H9F3O/c1-2-3-5(7,8)9-4-6/h2-4H2,1H3. The van der Waals surface area contributed by atoms with Gasteiger partial charge in [0.2, 0.25) is 0 Å². The van der Waals surface area contributed by atoms with Gasteiger partial charge in [0, 0.05) is 6.42 Å². The van der Waals surface area contributed by atoms with Crippen molar-refractivity contribution in [2.75, 3.05) is 6.86 Å². The summed E-state index contributed by atoms with van der Waals surface area (Å²) < 4.78 is 38.5. The van der Waals surface area contributed by atoms with Crippen LogP contribution in [0.25, 0.3) is 0 Å². The topological polar surface area (TPSA) is 9.23 Å². The maximum atomic E-state index is 12.0. The fourth-order valence-electron chi connectivity index (χ4n) is 0.443. The Morgan fingerprint density at radius 1 is 1.44 bits per heavy atom. The summed E-state index contributed by atoms with van der Waals surface area (Å²) in [5.41, 5.74) is 0. The lowest BCUT2D eigenvalue weighted by atomic mass is 10.3. The third kappa shape index (κ3) is 4.27. The molecule has 0 unspecified atom stereocenters. The Morgan fingerprint density at radius 3 is 2.33 bits per heavy atom. The van der Waals surface area contributed by atoms with Crippen molar-refractivity contribution in [3.05, 3.63) is 0 Å². The number of alkyl halides is 3. The monoisotopic (exact) mass is 142 g/mol. The lowest BCUT2D eigenvalue weighted by molar-refractivity contribution is -0.258. The Bertz CT molecular complexity index is 66.6. The predicted molar refractivity (Wildman–Crippen MR) is 26.9 cm³/mol. The van der Waals surface area contributed by atoms with Gasteiger partial charge < -0.3 is 0 Å². The van der Waals surface area contributed by atoms with Crippen molar-refractivity contribution in [2.45, 2.75) is 25.9 Å². The minimum Gasteiger partial charge on any atom is -0.288 e. The van der Waals surface area contributed by atoms with Crippen LogP contribution >= 0.6 is 0 Å². The first kappa shape index (κ1) is 8.75. The molecular formula is C5H9F3O. The van der Waals surface area contributed by atoms with E-state index in [-0.39, 0.29) is 6.42 Å². The smallest absolute Gasteiger partial charge is 0.288 e. The molecule has 4 heteroatoms. The van der Waals surface area contributed by atoms with Gasteiger partial charge in [0.15, 0.2) is 6.86 Å². The van der Waals surface area contributed by atoms with E-state index in [1.807, 2.05) is 0 Å². The number of ether oxygens (including phenoxy) is 1. The van der Waals surface area contributed by atoms with E-state index in [9.17, 15) is 13.2 Å². The van der Waals surface area contributed by atoms with Gasteiger partial charge in [-0.2, -0.15) is 8.78 Å². The van der Waals surface area contributed by atoms with Crippen LogP contribution in [-0.2, 0) is 4.74 Å². The summed E-state index contributed by atoms with van der Waals surface area (Å²) in [5, 5.41) is 0. The lowest BCUT2D eigenvalue weighted by Gasteiger charge is -2.12. The Kier molecular flexibility index (Phi) is 3.61. The molecule has 0 atom stereocenters. The van der Waals surface area contributed by atoms with Gasteiger partial charge in [-0.3, -0.25) is 4.74 Å². The van der Waals surface area contributed by atoms with Crippen molar-refractivity contribution in [3.8, 4) is 0 Å². The van der Waals surface area contributed by atoms with Crippen molar-refractivity contribution in [2.24, 2.45) is 0 Å². The third-order valence-corrected chi connectivity index (χ3v) is 0.807. The van der Waals surface area contributed by atoms with Gasteiger partial charge >= 0.3 is 6.11 Å². The molecule has 0 saturated carbocycles. The van der Waals surface area contributed by atoms with Gasteiger partial charge in [0.25, 0.3) is 0 Å². The van der Waals surface area contributed by atoms with Crippen LogP contribution in [0.4, 0.5) is 13.2 Å². The minimum atomic E-state index is -3.27. The fourth-order valence-corrected chi connectivity index (χ4v) is 0.443. The molecule has 0 aromatic rings. The molecule has 0 aliphatic rings. The van der Waals surface area contributed by atoms with E-state index in [1.54, 1.807) is 6.92 Å². The average Bonchev–Trinajstić information content (AvgIpc) is 1.64. The molecule has 0 N–H and O–H groups in total. The molecule has 0 aromatic carbocycles. The predicted octanol–water partition coefficient (Wildman–Crippen LogP) is 2.32. The summed E-state index contributed by atoms with van der Waals surface area (Å²) in [6.45, 7) is 0.155. The SMILES string of the molecule is CCCC(F)(F)OCF. The summed E-state index contributed by atoms with van der Waals surface area (Å²) in [6, 6.07) is 0. The molecule has 0 rings (SSSR count). The Balaban J connectivity index is 3.43. The first-order chi connectivity index (χ1) is 4.12. The van der Waals surface area contributed by atoms with Crippen LogP contribution in [0, 0.1) is 0 Å². The van der Waals surface area contributed by atoms with Crippen molar-refractivity contribution < 1.29 is 17.9 Å². The average molecular weight is 142 g/mol. The molecule has 0 aromatic heterocycles. The van der Waals surface area contributed by atoms with E-state index in [1.165, 1.54) is 0 Å². The Morgan fingerprint density at radius 2 is 2.00 bits per heavy atom. The zero-order valence-corrected chi connectivity index (χ0v) is 5.16. The van der Waals surface area contributed by atoms with Crippen LogP contribution in [0.2, 0.25) is 0 Å². The largest absolute Gasteiger partial charge is 0.357 e. The zero-order chi connectivity index (χ0) is 7.33. The van der Waals surface area contributed by atoms with Crippen LogP contribution in [-0.4, -0.2) is 13.0 Å². The second kappa shape index (κ2) is 3.71. The molecule has 0 heterocycles. The molecule has 56 valence electrons. The third-order valence-electron chi connectivity index (χ3n) is 0.807. The highest BCUT2D eigenvalue weighted by molar-refractivity contribution is 4.48. The second-order valence-corrected chi connectivity index (χ2v) is 1.64. The summed E-state index contributed by atoms with van der Waals surface area (Å²) in [4.78, 5) is 0. The van der Waals surface area contributed by atoms with E-state index < -0.39 is 19.4 Å². The lowest BCUT2D eigenvalue weighted by Crippen LogP contribution is -2.19. The summed E-state index contributed by atoms with van der Waals surface area (Å²) in [5.74, 6) is 0. The van der Waals surface area contributed by atoms with E-state index in [2.05, 4.69) is 4.74 Å². The van der Waals surface area contributed by atoms with Gasteiger partial charge in [0.1, 0.15) is 0 Å². The molecule has 0 amide bonds. The van der Waals surface area contributed by atoms with Gasteiger partial charge in [0.05, 0.1) is 0 Å². The van der Waals surface area contributed by atoms with Crippen LogP contribution in [0.1, 0.15) is 19.8 Å². The van der Waals surface area contributed by atoms with Crippen LogP contribution in [0.5, 0.6) is 0 Å². The molecular weight excluding hydrogens is 133 g/mol. The van der Waals surface area contributed by atoms with Gasteiger partial charge in [-0.25, -0.2) is 4.39 Å². The first-order valence-electron chi connectivity index (χ1n) is 2.70. The zero-order valence-electron chi connectivity index (χ0n) is 5.16. The molecule has 0 radical (unpaired) electrons. The maximum absolute atomic E-state index is 12.0. The molecule has 0 fully saturated rings. The van der Waals surface area contributed by atoms with Crippen LogP contribution in [0.3, 0.4) is 0 Å². The van der Waals surface area contributed by atoms with Crippen molar-refractivity contribution in [3.63, 3.8) is 0 Å². The van der Waals surface area contributed by atoms with E-state index >= 15 is 0 Å². The van der Waals surface area contributed by atoms with Gasteiger partial charge in [-0.15, -0.1) is 0 Å². The second-order valence-electron chi connectivity index (χ2n) is 1.64. The van der Waals surface area contributed by atoms with E-state index in [0.29, 0.717) is 0 Å². The number of rotatable bonds is 4. The molecule has 1 nitrogen and oxygen atoms in total. The Labute approximate surface area is 51.8 Å². The molecule has 0 bridgehead atoms. The Hall–Kier alpha value is -0.250. The van der Waals surface area contributed by atoms with E-state index in [0.717, 1.165) is 0 Å². The number of hydrogen-bond acceptors (Lipinski definition) is 1. The van der Waals surface area contributed by atoms with Gasteiger partial charge in [-0.1, -0.05) is 6.92 Å². The summed E-state index contributed by atoms with van der Waals surface area (Å²) >= 11 is 0. The normalized spacial score (nSPS) is 12.0. The number of halogens is 3. The van der Waals surface area contributed by atoms with Crippen molar-refractivity contribution >= 4 is 0 Å². The maximum Gasteiger partial charge on any atom is 0.357 e. The summed E-state index contributed by atoms with van der Waals surface area (Å²) in [6.07, 6.45) is -3.41. The van der Waals surface area contributed by atoms with Crippen molar-refractivity contribution in [1.29, 1.82) is 0 Å². The minimum absolute atomic E-state index is 0.285. The fraction of sp³-hybridized carbons (Fsp3) is 1.00. The van der Waals surface area contributed by atoms with E-state index in [4.69, 9.17) is 0 Å². The van der Waals surface area contributed by atoms with Crippen LogP contribution in [0.15, 0.2) is 0 Å². The molecule has 0 spiro atoms. The molecule has 0 aliphatic heterocycles. The molecule has 9 heavy (non-hydrogen) atoms. The van der Waals surface area contributed by atoms with Gasteiger partial charge in [-0.05, 0) is 6.42 Å². The highest BCUT2D eigenvalue weighted by Gasteiger charge is 2.27. The highest BCUT2D eigenvalue weighted by atomic mass is 19.3. The first-order valence-corrected chi connectivity index (χ1v) is 2.70. The summed E-state index contributed by atoms with van der Waals surface area (Å²) in [7, 11) is 0.